The van der Waals surface area contributed by atoms with E-state index in [2.05, 4.69) is 40.8 Å². The molecule has 0 aliphatic carbocycles. The molecule has 1 aliphatic rings. The molecule has 21 heavy (non-hydrogen) atoms. The number of hydrogen-bond acceptors (Lipinski definition) is 4. The fourth-order valence-corrected chi connectivity index (χ4v) is 3.67. The fourth-order valence-electron chi connectivity index (χ4n) is 2.72. The minimum Gasteiger partial charge on any atom is -0.347 e. The van der Waals surface area contributed by atoms with Gasteiger partial charge in [-0.25, -0.2) is 0 Å². The highest BCUT2D eigenvalue weighted by atomic mass is 32.1. The lowest BCUT2D eigenvalue weighted by atomic mass is 9.97. The van der Waals surface area contributed by atoms with E-state index in [0.29, 0.717) is 5.92 Å². The van der Waals surface area contributed by atoms with Gasteiger partial charge < -0.3 is 10.6 Å². The zero-order chi connectivity index (χ0) is 15.5. The average molecular weight is 309 g/mol. The Morgan fingerprint density at radius 2 is 2.05 bits per heavy atom. The van der Waals surface area contributed by atoms with Gasteiger partial charge in [0.1, 0.15) is 0 Å². The van der Waals surface area contributed by atoms with Crippen molar-refractivity contribution in [3.05, 3.63) is 22.4 Å². The van der Waals surface area contributed by atoms with Crippen LogP contribution in [0.3, 0.4) is 0 Å². The zero-order valence-corrected chi connectivity index (χ0v) is 14.3. The van der Waals surface area contributed by atoms with Crippen molar-refractivity contribution in [1.29, 1.82) is 0 Å². The highest BCUT2D eigenvalue weighted by molar-refractivity contribution is 7.10. The van der Waals surface area contributed by atoms with Gasteiger partial charge in [-0.2, -0.15) is 0 Å². The average Bonchev–Trinajstić information content (AvgIpc) is 2.98. The number of carbonyl (C=O) groups excluding carboxylic acids is 1. The molecule has 1 unspecified atom stereocenters. The second kappa shape index (κ2) is 6.90. The molecule has 118 valence electrons. The van der Waals surface area contributed by atoms with E-state index >= 15 is 0 Å². The molecule has 0 spiro atoms. The number of nitrogens with zero attached hydrogens (tertiary/aromatic N) is 1. The summed E-state index contributed by atoms with van der Waals surface area (Å²) in [7, 11) is 0. The molecule has 2 heterocycles. The van der Waals surface area contributed by atoms with Gasteiger partial charge in [-0.15, -0.1) is 11.3 Å². The first-order valence-electron chi connectivity index (χ1n) is 7.73. The number of hydrogen-bond donors (Lipinski definition) is 2. The van der Waals surface area contributed by atoms with E-state index in [1.54, 1.807) is 11.3 Å². The number of amides is 1. The van der Waals surface area contributed by atoms with E-state index in [-0.39, 0.29) is 11.9 Å². The van der Waals surface area contributed by atoms with Gasteiger partial charge in [0.15, 0.2) is 0 Å². The summed E-state index contributed by atoms with van der Waals surface area (Å²) in [6.07, 6.45) is 0. The molecule has 2 N–H and O–H groups in total. The van der Waals surface area contributed by atoms with Crippen molar-refractivity contribution in [1.82, 2.24) is 15.5 Å². The highest BCUT2D eigenvalue weighted by Gasteiger charge is 2.36. The first-order valence-corrected chi connectivity index (χ1v) is 8.61. The van der Waals surface area contributed by atoms with Gasteiger partial charge in [-0.05, 0) is 31.2 Å². The number of carbonyl (C=O) groups is 1. The lowest BCUT2D eigenvalue weighted by Gasteiger charge is -2.40. The first kappa shape index (κ1) is 16.5. The van der Waals surface area contributed by atoms with Crippen LogP contribution in [0, 0.1) is 5.92 Å². The van der Waals surface area contributed by atoms with Crippen LogP contribution in [0.1, 0.15) is 38.6 Å². The van der Waals surface area contributed by atoms with Crippen molar-refractivity contribution in [2.24, 2.45) is 5.92 Å². The van der Waals surface area contributed by atoms with Crippen molar-refractivity contribution in [2.45, 2.75) is 39.3 Å². The lowest BCUT2D eigenvalue weighted by Crippen LogP contribution is -2.60. The van der Waals surface area contributed by atoms with Crippen LogP contribution in [-0.4, -0.2) is 42.5 Å². The van der Waals surface area contributed by atoms with Gasteiger partial charge in [0.25, 0.3) is 0 Å². The summed E-state index contributed by atoms with van der Waals surface area (Å²) in [6, 6.07) is 4.25. The number of rotatable bonds is 5. The maximum Gasteiger partial charge on any atom is 0.240 e. The molecule has 0 aromatic carbocycles. The summed E-state index contributed by atoms with van der Waals surface area (Å²) in [4.78, 5) is 16.3. The van der Waals surface area contributed by atoms with E-state index in [1.807, 2.05) is 19.9 Å². The molecule has 1 saturated heterocycles. The topological polar surface area (TPSA) is 44.4 Å². The Balaban J connectivity index is 2.07. The molecule has 1 aromatic heterocycles. The molecular formula is C16H27N3OS. The van der Waals surface area contributed by atoms with Crippen LogP contribution in [0.15, 0.2) is 17.5 Å². The van der Waals surface area contributed by atoms with Crippen molar-refractivity contribution in [3.63, 3.8) is 0 Å². The monoisotopic (exact) mass is 309 g/mol. The number of nitrogens with one attached hydrogen (secondary N) is 2. The maximum absolute atomic E-state index is 12.8. The number of piperazine rings is 1. The molecule has 1 aromatic rings. The van der Waals surface area contributed by atoms with Crippen LogP contribution < -0.4 is 10.6 Å². The van der Waals surface area contributed by atoms with Gasteiger partial charge in [0, 0.05) is 31.1 Å². The standard InChI is InChI=1S/C16H27N3OS/c1-12(2)14(13-6-5-11-21-13)18-15(20)16(3,4)19-9-7-17-8-10-19/h5-6,11-12,14,17H,7-10H2,1-4H3,(H,18,20). The minimum absolute atomic E-state index is 0.0969. The largest absolute Gasteiger partial charge is 0.347 e. The second-order valence-electron chi connectivity index (χ2n) is 6.51. The van der Waals surface area contributed by atoms with Gasteiger partial charge in [0.2, 0.25) is 5.91 Å². The van der Waals surface area contributed by atoms with Crippen molar-refractivity contribution in [3.8, 4) is 0 Å². The second-order valence-corrected chi connectivity index (χ2v) is 7.49. The molecule has 4 nitrogen and oxygen atoms in total. The molecule has 0 saturated carbocycles. The molecule has 0 bridgehead atoms. The molecule has 1 atom stereocenters. The molecule has 1 aliphatic heterocycles. The highest BCUT2D eigenvalue weighted by Crippen LogP contribution is 2.27. The Bertz CT molecular complexity index is 450. The Morgan fingerprint density at radius 1 is 1.38 bits per heavy atom. The van der Waals surface area contributed by atoms with Crippen molar-refractivity contribution < 1.29 is 4.79 Å². The fraction of sp³-hybridized carbons (Fsp3) is 0.688. The molecular weight excluding hydrogens is 282 g/mol. The molecule has 2 rings (SSSR count). The predicted octanol–water partition coefficient (Wildman–Crippen LogP) is 2.25. The van der Waals surface area contributed by atoms with Crippen molar-refractivity contribution >= 4 is 17.2 Å². The van der Waals surface area contributed by atoms with Crippen LogP contribution >= 0.6 is 11.3 Å². The lowest BCUT2D eigenvalue weighted by molar-refractivity contribution is -0.133. The van der Waals surface area contributed by atoms with Gasteiger partial charge in [-0.1, -0.05) is 19.9 Å². The van der Waals surface area contributed by atoms with Crippen LogP contribution in [-0.2, 0) is 4.79 Å². The van der Waals surface area contributed by atoms with Crippen molar-refractivity contribution in [2.75, 3.05) is 26.2 Å². The Hall–Kier alpha value is -0.910. The third kappa shape index (κ3) is 3.84. The third-order valence-corrected chi connectivity index (χ3v) is 5.22. The van der Waals surface area contributed by atoms with Gasteiger partial charge >= 0.3 is 0 Å². The van der Waals surface area contributed by atoms with E-state index < -0.39 is 5.54 Å². The molecule has 1 amide bonds. The molecule has 5 heteroatoms. The molecule has 1 fully saturated rings. The van der Waals surface area contributed by atoms with Crippen LogP contribution in [0.2, 0.25) is 0 Å². The summed E-state index contributed by atoms with van der Waals surface area (Å²) >= 11 is 1.71. The van der Waals surface area contributed by atoms with Gasteiger partial charge in [-0.3, -0.25) is 9.69 Å². The molecule has 0 radical (unpaired) electrons. The Kier molecular flexibility index (Phi) is 5.41. The number of thiophene rings is 1. The van der Waals surface area contributed by atoms with E-state index in [9.17, 15) is 4.79 Å². The zero-order valence-electron chi connectivity index (χ0n) is 13.5. The summed E-state index contributed by atoms with van der Waals surface area (Å²) in [5.41, 5.74) is -0.466. The smallest absolute Gasteiger partial charge is 0.240 e. The van der Waals surface area contributed by atoms with Gasteiger partial charge in [0.05, 0.1) is 11.6 Å². The maximum atomic E-state index is 12.8. The quantitative estimate of drug-likeness (QED) is 0.877. The summed E-state index contributed by atoms with van der Waals surface area (Å²) in [5.74, 6) is 0.503. The normalized spacial score (nSPS) is 18.7. The summed E-state index contributed by atoms with van der Waals surface area (Å²) in [6.45, 7) is 12.1. The van der Waals surface area contributed by atoms with Crippen LogP contribution in [0.25, 0.3) is 0 Å². The van der Waals surface area contributed by atoms with E-state index in [4.69, 9.17) is 0 Å². The van der Waals surface area contributed by atoms with E-state index in [0.717, 1.165) is 26.2 Å². The predicted molar refractivity (Wildman–Crippen MR) is 88.6 cm³/mol. The van der Waals surface area contributed by atoms with Crippen LogP contribution in [0.5, 0.6) is 0 Å². The minimum atomic E-state index is -0.466. The Labute approximate surface area is 131 Å². The van der Waals surface area contributed by atoms with Crippen LogP contribution in [0.4, 0.5) is 0 Å². The Morgan fingerprint density at radius 3 is 2.57 bits per heavy atom. The SMILES string of the molecule is CC(C)C(NC(=O)C(C)(C)N1CCNCC1)c1cccs1. The summed E-state index contributed by atoms with van der Waals surface area (Å²) in [5, 5.41) is 8.67. The third-order valence-electron chi connectivity index (χ3n) is 4.27. The first-order chi connectivity index (χ1) is 9.93. The summed E-state index contributed by atoms with van der Waals surface area (Å²) < 4.78 is 0. The van der Waals surface area contributed by atoms with E-state index in [1.165, 1.54) is 4.88 Å².